The Kier molecular flexibility index (Phi) is 5.13. The van der Waals surface area contributed by atoms with Crippen LogP contribution >= 0.6 is 11.3 Å². The van der Waals surface area contributed by atoms with Gasteiger partial charge < -0.3 is 14.1 Å². The molecule has 2 aromatic heterocycles. The molecule has 23 heavy (non-hydrogen) atoms. The lowest BCUT2D eigenvalue weighted by molar-refractivity contribution is 0.0651. The molecule has 0 bridgehead atoms. The summed E-state index contributed by atoms with van der Waals surface area (Å²) in [5.74, 6) is 1.75. The molecule has 0 unspecified atom stereocenters. The molecule has 1 amide bonds. The smallest absolute Gasteiger partial charge is 0.273 e. The van der Waals surface area contributed by atoms with Crippen molar-refractivity contribution < 1.29 is 13.9 Å². The van der Waals surface area contributed by atoms with E-state index in [9.17, 15) is 4.79 Å². The van der Waals surface area contributed by atoms with Crippen LogP contribution in [0.15, 0.2) is 21.9 Å². The first kappa shape index (κ1) is 16.2. The Bertz CT molecular complexity index is 664. The van der Waals surface area contributed by atoms with Crippen LogP contribution in [0.1, 0.15) is 58.7 Å². The number of furan rings is 1. The first-order valence-corrected chi connectivity index (χ1v) is 8.87. The molecular formula is C17H22N2O3S. The highest BCUT2D eigenvalue weighted by molar-refractivity contribution is 7.09. The first-order chi connectivity index (χ1) is 11.2. The summed E-state index contributed by atoms with van der Waals surface area (Å²) in [4.78, 5) is 19.3. The van der Waals surface area contributed by atoms with Crippen molar-refractivity contribution in [3.8, 4) is 0 Å². The monoisotopic (exact) mass is 334 g/mol. The summed E-state index contributed by atoms with van der Waals surface area (Å²) in [6, 6.07) is 3.96. The molecule has 0 aliphatic carbocycles. The third kappa shape index (κ3) is 3.64. The van der Waals surface area contributed by atoms with Crippen LogP contribution in [0.2, 0.25) is 0 Å². The van der Waals surface area contributed by atoms with Crippen LogP contribution in [-0.2, 0) is 11.3 Å². The fourth-order valence-corrected chi connectivity index (χ4v) is 3.76. The van der Waals surface area contributed by atoms with E-state index in [-0.39, 0.29) is 11.9 Å². The SMILES string of the molecule is COCc1nc(C(=O)N2CCCCC[C@H]2c2ccc(C)o2)cs1. The van der Waals surface area contributed by atoms with Crippen molar-refractivity contribution >= 4 is 17.2 Å². The number of hydrogen-bond acceptors (Lipinski definition) is 5. The van der Waals surface area contributed by atoms with Gasteiger partial charge in [0.15, 0.2) is 0 Å². The molecule has 6 heteroatoms. The van der Waals surface area contributed by atoms with E-state index in [1.165, 1.54) is 11.3 Å². The lowest BCUT2D eigenvalue weighted by Crippen LogP contribution is -2.34. The molecular weight excluding hydrogens is 312 g/mol. The summed E-state index contributed by atoms with van der Waals surface area (Å²) in [5, 5.41) is 2.66. The van der Waals surface area contributed by atoms with Gasteiger partial charge in [0.25, 0.3) is 5.91 Å². The van der Waals surface area contributed by atoms with Crippen molar-refractivity contribution in [2.24, 2.45) is 0 Å². The number of carbonyl (C=O) groups excluding carboxylic acids is 1. The summed E-state index contributed by atoms with van der Waals surface area (Å²) in [6.07, 6.45) is 4.22. The molecule has 5 nitrogen and oxygen atoms in total. The molecule has 3 rings (SSSR count). The molecule has 2 aromatic rings. The van der Waals surface area contributed by atoms with Crippen LogP contribution in [0.4, 0.5) is 0 Å². The van der Waals surface area contributed by atoms with E-state index in [0.717, 1.165) is 48.8 Å². The van der Waals surface area contributed by atoms with E-state index in [4.69, 9.17) is 9.15 Å². The molecule has 1 aliphatic heterocycles. The molecule has 0 radical (unpaired) electrons. The number of methoxy groups -OCH3 is 1. The number of carbonyl (C=O) groups is 1. The van der Waals surface area contributed by atoms with E-state index in [1.807, 2.05) is 29.3 Å². The van der Waals surface area contributed by atoms with Gasteiger partial charge >= 0.3 is 0 Å². The number of aromatic nitrogens is 1. The van der Waals surface area contributed by atoms with E-state index >= 15 is 0 Å². The van der Waals surface area contributed by atoms with E-state index < -0.39 is 0 Å². The molecule has 0 N–H and O–H groups in total. The Morgan fingerprint density at radius 1 is 1.43 bits per heavy atom. The van der Waals surface area contributed by atoms with Crippen molar-refractivity contribution in [2.75, 3.05) is 13.7 Å². The molecule has 0 aromatic carbocycles. The quantitative estimate of drug-likeness (QED) is 0.849. The predicted octanol–water partition coefficient (Wildman–Crippen LogP) is 3.95. The van der Waals surface area contributed by atoms with Gasteiger partial charge in [-0.3, -0.25) is 4.79 Å². The summed E-state index contributed by atoms with van der Waals surface area (Å²) < 4.78 is 10.9. The number of hydrogen-bond donors (Lipinski definition) is 0. The lowest BCUT2D eigenvalue weighted by Gasteiger charge is -2.28. The Morgan fingerprint density at radius 3 is 3.04 bits per heavy atom. The zero-order valence-electron chi connectivity index (χ0n) is 13.6. The van der Waals surface area contributed by atoms with Gasteiger partial charge in [0.05, 0.1) is 12.6 Å². The van der Waals surface area contributed by atoms with Gasteiger partial charge in [0.2, 0.25) is 0 Å². The van der Waals surface area contributed by atoms with Gasteiger partial charge in [-0.05, 0) is 31.9 Å². The van der Waals surface area contributed by atoms with Crippen molar-refractivity contribution in [2.45, 2.75) is 45.3 Å². The van der Waals surface area contributed by atoms with Gasteiger partial charge in [-0.2, -0.15) is 0 Å². The predicted molar refractivity (Wildman–Crippen MR) is 88.5 cm³/mol. The average Bonchev–Trinajstić information content (AvgIpc) is 3.10. The van der Waals surface area contributed by atoms with Crippen molar-refractivity contribution in [1.82, 2.24) is 9.88 Å². The summed E-state index contributed by atoms with van der Waals surface area (Å²) in [5.41, 5.74) is 0.511. The van der Waals surface area contributed by atoms with Crippen molar-refractivity contribution in [3.05, 3.63) is 39.7 Å². The van der Waals surface area contributed by atoms with Crippen LogP contribution < -0.4 is 0 Å². The lowest BCUT2D eigenvalue weighted by atomic mass is 10.1. The molecule has 0 spiro atoms. The maximum Gasteiger partial charge on any atom is 0.273 e. The Labute approximate surface area is 140 Å². The largest absolute Gasteiger partial charge is 0.464 e. The van der Waals surface area contributed by atoms with Crippen LogP contribution in [0, 0.1) is 6.92 Å². The molecule has 1 atom stereocenters. The standard InChI is InChI=1S/C17H22N2O3S/c1-12-7-8-15(22-12)14-6-4-3-5-9-19(14)17(20)13-11-23-16(18-13)10-21-2/h7-8,11,14H,3-6,9-10H2,1-2H3/t14-/m0/s1. The van der Waals surface area contributed by atoms with E-state index in [2.05, 4.69) is 4.98 Å². The number of aryl methyl sites for hydroxylation is 1. The molecule has 1 saturated heterocycles. The first-order valence-electron chi connectivity index (χ1n) is 7.99. The Morgan fingerprint density at radius 2 is 2.30 bits per heavy atom. The molecule has 0 saturated carbocycles. The maximum atomic E-state index is 12.9. The Balaban J connectivity index is 1.84. The average molecular weight is 334 g/mol. The number of thiazole rings is 1. The summed E-state index contributed by atoms with van der Waals surface area (Å²) in [7, 11) is 1.63. The summed E-state index contributed by atoms with van der Waals surface area (Å²) in [6.45, 7) is 3.13. The third-order valence-corrected chi connectivity index (χ3v) is 4.96. The van der Waals surface area contributed by atoms with E-state index in [1.54, 1.807) is 7.11 Å². The highest BCUT2D eigenvalue weighted by atomic mass is 32.1. The number of nitrogens with zero attached hydrogens (tertiary/aromatic N) is 2. The second-order valence-electron chi connectivity index (χ2n) is 5.87. The highest BCUT2D eigenvalue weighted by Gasteiger charge is 2.30. The molecule has 1 fully saturated rings. The number of amides is 1. The third-order valence-electron chi connectivity index (χ3n) is 4.14. The topological polar surface area (TPSA) is 55.6 Å². The summed E-state index contributed by atoms with van der Waals surface area (Å²) >= 11 is 1.47. The van der Waals surface area contributed by atoms with Gasteiger partial charge in [-0.1, -0.05) is 12.8 Å². The van der Waals surface area contributed by atoms with Crippen molar-refractivity contribution in [1.29, 1.82) is 0 Å². The van der Waals surface area contributed by atoms with Gasteiger partial charge in [0.1, 0.15) is 22.2 Å². The van der Waals surface area contributed by atoms with Crippen LogP contribution in [0.5, 0.6) is 0 Å². The van der Waals surface area contributed by atoms with Crippen LogP contribution in [-0.4, -0.2) is 29.4 Å². The molecule has 124 valence electrons. The number of ether oxygens (including phenoxy) is 1. The molecule has 1 aliphatic rings. The number of rotatable bonds is 4. The fourth-order valence-electron chi connectivity index (χ4n) is 3.03. The van der Waals surface area contributed by atoms with Crippen LogP contribution in [0.3, 0.4) is 0 Å². The molecule has 3 heterocycles. The highest BCUT2D eigenvalue weighted by Crippen LogP contribution is 2.32. The normalized spacial score (nSPS) is 18.9. The second-order valence-corrected chi connectivity index (χ2v) is 6.81. The fraction of sp³-hybridized carbons (Fsp3) is 0.529. The zero-order valence-corrected chi connectivity index (χ0v) is 14.4. The number of likely N-dealkylation sites (tertiary alicyclic amines) is 1. The maximum absolute atomic E-state index is 12.9. The van der Waals surface area contributed by atoms with Gasteiger partial charge in [-0.25, -0.2) is 4.98 Å². The van der Waals surface area contributed by atoms with Crippen LogP contribution in [0.25, 0.3) is 0 Å². The minimum absolute atomic E-state index is 0.00581. The van der Waals surface area contributed by atoms with Gasteiger partial charge in [0, 0.05) is 19.0 Å². The van der Waals surface area contributed by atoms with Gasteiger partial charge in [-0.15, -0.1) is 11.3 Å². The minimum Gasteiger partial charge on any atom is -0.464 e. The van der Waals surface area contributed by atoms with Crippen molar-refractivity contribution in [3.63, 3.8) is 0 Å². The second kappa shape index (κ2) is 7.27. The minimum atomic E-state index is -0.00967. The Hall–Kier alpha value is -1.66. The zero-order chi connectivity index (χ0) is 16.2. The van der Waals surface area contributed by atoms with E-state index in [0.29, 0.717) is 12.3 Å².